The largest absolute Gasteiger partial charge is 0.384 e. The number of hydrogen-bond donors (Lipinski definition) is 1. The van der Waals surface area contributed by atoms with Gasteiger partial charge in [0.15, 0.2) is 0 Å². The van der Waals surface area contributed by atoms with Crippen LogP contribution in [0.2, 0.25) is 0 Å². The van der Waals surface area contributed by atoms with E-state index in [1.54, 1.807) is 12.3 Å². The summed E-state index contributed by atoms with van der Waals surface area (Å²) in [6, 6.07) is 1.70. The summed E-state index contributed by atoms with van der Waals surface area (Å²) in [4.78, 5) is 10.5. The second-order valence-corrected chi connectivity index (χ2v) is 3.49. The number of anilines is 1. The minimum Gasteiger partial charge on any atom is -0.384 e. The summed E-state index contributed by atoms with van der Waals surface area (Å²) >= 11 is 0. The number of unbranched alkanes of at least 4 members (excludes halogenated alkanes) is 1. The van der Waals surface area contributed by atoms with Crippen LogP contribution in [-0.2, 0) is 6.54 Å². The Morgan fingerprint density at radius 2 is 2.29 bits per heavy atom. The summed E-state index contributed by atoms with van der Waals surface area (Å²) in [6.45, 7) is 4.03. The van der Waals surface area contributed by atoms with Crippen LogP contribution in [0.1, 0.15) is 25.6 Å². The van der Waals surface area contributed by atoms with Gasteiger partial charge in [-0.25, -0.2) is 9.97 Å². The number of nitrogen functional groups attached to an aromatic ring is 1. The van der Waals surface area contributed by atoms with Gasteiger partial charge in [-0.15, -0.1) is 0 Å². The van der Waals surface area contributed by atoms with E-state index in [-0.39, 0.29) is 0 Å². The molecule has 0 atom stereocenters. The molecule has 0 fully saturated rings. The zero-order chi connectivity index (χ0) is 10.4. The van der Waals surface area contributed by atoms with E-state index >= 15 is 0 Å². The first-order valence-corrected chi connectivity index (χ1v) is 4.98. The first-order chi connectivity index (χ1) is 6.72. The van der Waals surface area contributed by atoms with Crippen molar-refractivity contribution in [1.82, 2.24) is 14.9 Å². The minimum atomic E-state index is 0.541. The molecule has 0 saturated carbocycles. The van der Waals surface area contributed by atoms with Gasteiger partial charge in [0.2, 0.25) is 0 Å². The van der Waals surface area contributed by atoms with Crippen molar-refractivity contribution >= 4 is 5.82 Å². The van der Waals surface area contributed by atoms with Crippen LogP contribution in [0.25, 0.3) is 0 Å². The van der Waals surface area contributed by atoms with Gasteiger partial charge in [0.25, 0.3) is 0 Å². The number of nitrogens with zero attached hydrogens (tertiary/aromatic N) is 3. The Morgan fingerprint density at radius 1 is 1.50 bits per heavy atom. The molecule has 0 amide bonds. The summed E-state index contributed by atoms with van der Waals surface area (Å²) in [6.07, 6.45) is 4.12. The van der Waals surface area contributed by atoms with Gasteiger partial charge < -0.3 is 5.73 Å². The average molecular weight is 194 g/mol. The van der Waals surface area contributed by atoms with Crippen molar-refractivity contribution in [2.24, 2.45) is 0 Å². The molecule has 0 bridgehead atoms. The van der Waals surface area contributed by atoms with E-state index in [1.807, 2.05) is 0 Å². The Morgan fingerprint density at radius 3 is 2.93 bits per heavy atom. The van der Waals surface area contributed by atoms with Crippen molar-refractivity contribution in [2.45, 2.75) is 26.3 Å². The topological polar surface area (TPSA) is 55.0 Å². The molecule has 0 radical (unpaired) electrons. The van der Waals surface area contributed by atoms with Crippen LogP contribution in [0.5, 0.6) is 0 Å². The van der Waals surface area contributed by atoms with E-state index in [0.717, 1.165) is 18.9 Å². The monoisotopic (exact) mass is 194 g/mol. The molecule has 4 nitrogen and oxygen atoms in total. The summed E-state index contributed by atoms with van der Waals surface area (Å²) in [5.41, 5.74) is 5.56. The van der Waals surface area contributed by atoms with Crippen molar-refractivity contribution in [1.29, 1.82) is 0 Å². The zero-order valence-corrected chi connectivity index (χ0v) is 8.90. The van der Waals surface area contributed by atoms with Gasteiger partial charge in [-0.2, -0.15) is 0 Å². The molecule has 1 rings (SSSR count). The minimum absolute atomic E-state index is 0.541. The first kappa shape index (κ1) is 10.9. The highest BCUT2D eigenvalue weighted by atomic mass is 15.1. The first-order valence-electron chi connectivity index (χ1n) is 4.98. The third kappa shape index (κ3) is 3.70. The van der Waals surface area contributed by atoms with Gasteiger partial charge in [-0.1, -0.05) is 13.3 Å². The number of aromatic nitrogens is 2. The zero-order valence-electron chi connectivity index (χ0n) is 8.90. The molecule has 4 heteroatoms. The van der Waals surface area contributed by atoms with Gasteiger partial charge in [-0.3, -0.25) is 4.90 Å². The molecule has 0 spiro atoms. The lowest BCUT2D eigenvalue weighted by molar-refractivity contribution is 0.313. The molecule has 0 unspecified atom stereocenters. The molecule has 78 valence electrons. The number of rotatable bonds is 5. The van der Waals surface area contributed by atoms with Crippen molar-refractivity contribution in [2.75, 3.05) is 19.3 Å². The fraction of sp³-hybridized carbons (Fsp3) is 0.600. The highest BCUT2D eigenvalue weighted by molar-refractivity contribution is 5.24. The molecule has 0 aromatic carbocycles. The second kappa shape index (κ2) is 5.54. The lowest BCUT2D eigenvalue weighted by Gasteiger charge is -2.14. The molecule has 0 aliphatic carbocycles. The standard InChI is InChI=1S/C10H18N4/c1-3-4-7-14(2)8-10-12-6-5-9(11)13-10/h5-6H,3-4,7-8H2,1-2H3,(H2,11,12,13). The maximum Gasteiger partial charge on any atom is 0.144 e. The Bertz CT molecular complexity index is 275. The predicted octanol–water partition coefficient (Wildman–Crippen LogP) is 1.29. The quantitative estimate of drug-likeness (QED) is 0.767. The molecule has 1 aromatic rings. The highest BCUT2D eigenvalue weighted by Gasteiger charge is 2.01. The van der Waals surface area contributed by atoms with Crippen molar-refractivity contribution in [3.63, 3.8) is 0 Å². The van der Waals surface area contributed by atoms with Gasteiger partial charge >= 0.3 is 0 Å². The van der Waals surface area contributed by atoms with Crippen LogP contribution < -0.4 is 5.73 Å². The number of nitrogens with two attached hydrogens (primary N) is 1. The highest BCUT2D eigenvalue weighted by Crippen LogP contribution is 2.00. The smallest absolute Gasteiger partial charge is 0.144 e. The Labute approximate surface area is 85.2 Å². The van der Waals surface area contributed by atoms with Crippen molar-refractivity contribution in [3.05, 3.63) is 18.1 Å². The van der Waals surface area contributed by atoms with Crippen molar-refractivity contribution < 1.29 is 0 Å². The van der Waals surface area contributed by atoms with Crippen LogP contribution in [0.3, 0.4) is 0 Å². The molecule has 0 aliphatic rings. The normalized spacial score (nSPS) is 10.8. The van der Waals surface area contributed by atoms with Crippen LogP contribution in [0.15, 0.2) is 12.3 Å². The van der Waals surface area contributed by atoms with Crippen molar-refractivity contribution in [3.8, 4) is 0 Å². The summed E-state index contributed by atoms with van der Waals surface area (Å²) in [5.74, 6) is 1.34. The molecule has 1 aromatic heterocycles. The maximum atomic E-state index is 5.56. The molecule has 0 aliphatic heterocycles. The molecular formula is C10H18N4. The summed E-state index contributed by atoms with van der Waals surface area (Å²) < 4.78 is 0. The third-order valence-corrected chi connectivity index (χ3v) is 2.03. The van der Waals surface area contributed by atoms with Gasteiger partial charge in [0, 0.05) is 6.20 Å². The fourth-order valence-corrected chi connectivity index (χ4v) is 1.24. The van der Waals surface area contributed by atoms with E-state index in [0.29, 0.717) is 5.82 Å². The van der Waals surface area contributed by atoms with Gasteiger partial charge in [0.05, 0.1) is 6.54 Å². The third-order valence-electron chi connectivity index (χ3n) is 2.03. The van der Waals surface area contributed by atoms with Crippen LogP contribution in [0.4, 0.5) is 5.82 Å². The molecule has 2 N–H and O–H groups in total. The lowest BCUT2D eigenvalue weighted by atomic mass is 10.3. The summed E-state index contributed by atoms with van der Waals surface area (Å²) in [5, 5.41) is 0. The van der Waals surface area contributed by atoms with E-state index in [1.165, 1.54) is 12.8 Å². The Hall–Kier alpha value is -1.16. The van der Waals surface area contributed by atoms with Gasteiger partial charge in [0.1, 0.15) is 11.6 Å². The molecular weight excluding hydrogens is 176 g/mol. The van der Waals surface area contributed by atoms with Crippen LogP contribution in [0, 0.1) is 0 Å². The molecule has 14 heavy (non-hydrogen) atoms. The number of hydrogen-bond acceptors (Lipinski definition) is 4. The van der Waals surface area contributed by atoms with E-state index in [4.69, 9.17) is 5.73 Å². The SMILES string of the molecule is CCCCN(C)Cc1nccc(N)n1. The Kier molecular flexibility index (Phi) is 4.32. The van der Waals surface area contributed by atoms with Crippen LogP contribution >= 0.6 is 0 Å². The maximum absolute atomic E-state index is 5.56. The molecule has 1 heterocycles. The van der Waals surface area contributed by atoms with Crippen LogP contribution in [-0.4, -0.2) is 28.5 Å². The average Bonchev–Trinajstić information content (AvgIpc) is 2.15. The van der Waals surface area contributed by atoms with E-state index in [9.17, 15) is 0 Å². The Balaban J connectivity index is 2.43. The van der Waals surface area contributed by atoms with Gasteiger partial charge in [-0.05, 0) is 26.1 Å². The predicted molar refractivity (Wildman–Crippen MR) is 57.7 cm³/mol. The lowest BCUT2D eigenvalue weighted by Crippen LogP contribution is -2.20. The fourth-order valence-electron chi connectivity index (χ4n) is 1.24. The van der Waals surface area contributed by atoms with E-state index in [2.05, 4.69) is 28.8 Å². The summed E-state index contributed by atoms with van der Waals surface area (Å²) in [7, 11) is 2.07. The second-order valence-electron chi connectivity index (χ2n) is 3.49. The molecule has 0 saturated heterocycles. The van der Waals surface area contributed by atoms with E-state index < -0.39 is 0 Å².